The minimum absolute atomic E-state index is 0.177. The molecule has 0 aliphatic carbocycles. The quantitative estimate of drug-likeness (QED) is 0.160. The van der Waals surface area contributed by atoms with Crippen LogP contribution in [0.15, 0.2) is 91.0 Å². The lowest BCUT2D eigenvalue weighted by molar-refractivity contribution is 0.148. The van der Waals surface area contributed by atoms with Gasteiger partial charge in [-0.1, -0.05) is 0 Å². The Balaban J connectivity index is 1.48. The Morgan fingerprint density at radius 2 is 0.524 bits per heavy atom. The fraction of sp³-hybridized carbons (Fsp3) is 0.100. The van der Waals surface area contributed by atoms with Crippen LogP contribution in [0.2, 0.25) is 0 Å². The van der Waals surface area contributed by atoms with Crippen LogP contribution < -0.4 is 42.6 Å². The Hall–Kier alpha value is -5.91. The normalized spacial score (nSPS) is 10.1. The van der Waals surface area contributed by atoms with E-state index in [9.17, 15) is 14.4 Å². The summed E-state index contributed by atoms with van der Waals surface area (Å²) in [7, 11) is 4.50. The summed E-state index contributed by atoms with van der Waals surface area (Å²) in [6, 6.07) is 22.1. The molecule has 0 N–H and O–H groups in total. The molecular weight excluding hydrogens is 552 g/mol. The zero-order valence-electron chi connectivity index (χ0n) is 22.6. The predicted octanol–water partition coefficient (Wildman–Crippen LogP) is 6.45. The molecule has 0 amide bonds. The van der Waals surface area contributed by atoms with Gasteiger partial charge in [0.25, 0.3) is 0 Å². The molecule has 0 saturated heterocycles. The van der Waals surface area contributed by atoms with Crippen molar-refractivity contribution in [2.75, 3.05) is 21.3 Å². The molecule has 0 radical (unpaired) electrons. The molecule has 0 aliphatic rings. The molecule has 12 nitrogen and oxygen atoms in total. The second-order valence-electron chi connectivity index (χ2n) is 8.03. The summed E-state index contributed by atoms with van der Waals surface area (Å²) in [5, 5.41) is 0. The Morgan fingerprint density at radius 3 is 0.738 bits per heavy atom. The molecule has 0 spiro atoms. The topological polar surface area (TPSA) is 134 Å². The third-order valence-corrected chi connectivity index (χ3v) is 5.24. The fourth-order valence-corrected chi connectivity index (χ4v) is 3.29. The van der Waals surface area contributed by atoms with Crippen LogP contribution in [0.5, 0.6) is 51.7 Å². The third-order valence-electron chi connectivity index (χ3n) is 5.24. The van der Waals surface area contributed by atoms with Gasteiger partial charge in [0, 0.05) is 18.2 Å². The number of benzene rings is 4. The van der Waals surface area contributed by atoms with Crippen LogP contribution in [0, 0.1) is 0 Å². The molecule has 4 rings (SSSR count). The summed E-state index contributed by atoms with van der Waals surface area (Å²) in [6.07, 6.45) is -3.36. The monoisotopic (exact) mass is 576 g/mol. The number of ether oxygens (including phenoxy) is 9. The lowest BCUT2D eigenvalue weighted by Gasteiger charge is -2.11. The maximum absolute atomic E-state index is 12.4. The van der Waals surface area contributed by atoms with E-state index in [0.29, 0.717) is 17.2 Å². The highest BCUT2D eigenvalue weighted by atomic mass is 16.7. The van der Waals surface area contributed by atoms with Crippen molar-refractivity contribution in [3.05, 3.63) is 91.0 Å². The van der Waals surface area contributed by atoms with Crippen molar-refractivity contribution in [2.45, 2.75) is 0 Å². The van der Waals surface area contributed by atoms with Crippen LogP contribution in [0.3, 0.4) is 0 Å². The Kier molecular flexibility index (Phi) is 9.65. The van der Waals surface area contributed by atoms with Gasteiger partial charge in [0.05, 0.1) is 21.3 Å². The molecule has 0 unspecified atom stereocenters. The average Bonchev–Trinajstić information content (AvgIpc) is 2.98. The van der Waals surface area contributed by atoms with Crippen molar-refractivity contribution in [3.63, 3.8) is 0 Å². The summed E-state index contributed by atoms with van der Waals surface area (Å²) >= 11 is 0. The first kappa shape index (κ1) is 29.1. The summed E-state index contributed by atoms with van der Waals surface area (Å²) in [4.78, 5) is 37.3. The average molecular weight is 577 g/mol. The molecule has 216 valence electrons. The zero-order chi connectivity index (χ0) is 29.9. The van der Waals surface area contributed by atoms with Gasteiger partial charge in [0.2, 0.25) is 0 Å². The van der Waals surface area contributed by atoms with Crippen LogP contribution in [-0.4, -0.2) is 39.8 Å². The van der Waals surface area contributed by atoms with Crippen molar-refractivity contribution >= 4 is 18.5 Å². The minimum Gasteiger partial charge on any atom is -0.497 e. The van der Waals surface area contributed by atoms with E-state index in [-0.39, 0.29) is 34.5 Å². The second-order valence-corrected chi connectivity index (χ2v) is 8.03. The zero-order valence-corrected chi connectivity index (χ0v) is 22.6. The highest BCUT2D eigenvalue weighted by molar-refractivity contribution is 5.71. The summed E-state index contributed by atoms with van der Waals surface area (Å²) in [6.45, 7) is 0. The fourth-order valence-electron chi connectivity index (χ4n) is 3.29. The largest absolute Gasteiger partial charge is 0.519 e. The number of rotatable bonds is 9. The van der Waals surface area contributed by atoms with Crippen LogP contribution in [0.4, 0.5) is 14.4 Å². The SMILES string of the molecule is COc1ccc(OC(=O)Oc2cc(OC(=O)Oc3ccc(OC)cc3)cc(OC(=O)Oc3ccc(OC)cc3)c2)cc1. The second kappa shape index (κ2) is 13.9. The van der Waals surface area contributed by atoms with Gasteiger partial charge in [-0.05, 0) is 72.8 Å². The highest BCUT2D eigenvalue weighted by Gasteiger charge is 2.17. The van der Waals surface area contributed by atoms with E-state index in [0.717, 1.165) is 0 Å². The van der Waals surface area contributed by atoms with Crippen molar-refractivity contribution in [1.82, 2.24) is 0 Å². The molecule has 12 heteroatoms. The van der Waals surface area contributed by atoms with E-state index >= 15 is 0 Å². The molecule has 0 atom stereocenters. The molecule has 0 heterocycles. The van der Waals surface area contributed by atoms with Crippen molar-refractivity contribution < 1.29 is 57.0 Å². The van der Waals surface area contributed by atoms with Gasteiger partial charge in [-0.15, -0.1) is 0 Å². The van der Waals surface area contributed by atoms with E-state index in [4.69, 9.17) is 42.6 Å². The van der Waals surface area contributed by atoms with E-state index in [1.807, 2.05) is 0 Å². The Bertz CT molecular complexity index is 1320. The first-order valence-corrected chi connectivity index (χ1v) is 12.1. The molecule has 0 aromatic heterocycles. The molecule has 42 heavy (non-hydrogen) atoms. The number of hydrogen-bond acceptors (Lipinski definition) is 12. The van der Waals surface area contributed by atoms with Gasteiger partial charge < -0.3 is 42.6 Å². The van der Waals surface area contributed by atoms with E-state index in [1.54, 1.807) is 36.4 Å². The minimum atomic E-state index is -1.12. The van der Waals surface area contributed by atoms with E-state index in [2.05, 4.69) is 0 Å². The molecule has 0 saturated carbocycles. The van der Waals surface area contributed by atoms with Crippen LogP contribution in [0.25, 0.3) is 0 Å². The molecule has 0 bridgehead atoms. The molecule has 0 fully saturated rings. The smallest absolute Gasteiger partial charge is 0.497 e. The maximum atomic E-state index is 12.4. The van der Waals surface area contributed by atoms with Crippen LogP contribution in [-0.2, 0) is 0 Å². The maximum Gasteiger partial charge on any atom is 0.519 e. The van der Waals surface area contributed by atoms with Gasteiger partial charge in [0.15, 0.2) is 0 Å². The van der Waals surface area contributed by atoms with Gasteiger partial charge in [-0.25, -0.2) is 14.4 Å². The standard InChI is InChI=1S/C30H24O12/c1-34-19-4-10-22(11-5-19)37-28(31)40-25-16-26(41-29(32)38-23-12-6-20(35-2)7-13-23)18-27(17-25)42-30(33)39-24-14-8-21(36-3)9-15-24/h4-18H,1-3H3. The molecule has 0 aliphatic heterocycles. The number of hydrogen-bond donors (Lipinski definition) is 0. The third kappa shape index (κ3) is 8.55. The van der Waals surface area contributed by atoms with Gasteiger partial charge >= 0.3 is 18.5 Å². The van der Waals surface area contributed by atoms with Gasteiger partial charge in [-0.2, -0.15) is 0 Å². The molecule has 4 aromatic rings. The summed E-state index contributed by atoms with van der Waals surface area (Å²) in [5.41, 5.74) is 0. The first-order valence-electron chi connectivity index (χ1n) is 12.1. The number of methoxy groups -OCH3 is 3. The summed E-state index contributed by atoms with van der Waals surface area (Å²) < 4.78 is 46.3. The molecular formula is C30H24O12. The van der Waals surface area contributed by atoms with E-state index < -0.39 is 18.5 Å². The summed E-state index contributed by atoms with van der Waals surface area (Å²) in [5.74, 6) is 1.66. The lowest BCUT2D eigenvalue weighted by atomic mass is 10.3. The predicted molar refractivity (Wildman–Crippen MR) is 145 cm³/mol. The van der Waals surface area contributed by atoms with Crippen molar-refractivity contribution in [1.29, 1.82) is 0 Å². The number of carbonyl (C=O) groups excluding carboxylic acids is 3. The Labute approximate surface area is 239 Å². The van der Waals surface area contributed by atoms with Crippen LogP contribution in [0.1, 0.15) is 0 Å². The lowest BCUT2D eigenvalue weighted by Crippen LogP contribution is -2.17. The van der Waals surface area contributed by atoms with Crippen molar-refractivity contribution in [3.8, 4) is 51.7 Å². The number of carbonyl (C=O) groups is 3. The van der Waals surface area contributed by atoms with Crippen LogP contribution >= 0.6 is 0 Å². The van der Waals surface area contributed by atoms with Gasteiger partial charge in [-0.3, -0.25) is 0 Å². The first-order chi connectivity index (χ1) is 20.3. The van der Waals surface area contributed by atoms with Gasteiger partial charge in [0.1, 0.15) is 51.7 Å². The highest BCUT2D eigenvalue weighted by Crippen LogP contribution is 2.30. The Morgan fingerprint density at radius 1 is 0.333 bits per heavy atom. The molecule has 4 aromatic carbocycles. The van der Waals surface area contributed by atoms with E-state index in [1.165, 1.54) is 75.9 Å². The van der Waals surface area contributed by atoms with Crippen molar-refractivity contribution in [2.24, 2.45) is 0 Å².